The third kappa shape index (κ3) is 1.95. The number of piperidine rings is 1. The number of hydrogen-bond donors (Lipinski definition) is 0. The number of alkyl halides is 1. The molecule has 0 saturated carbocycles. The van der Waals surface area contributed by atoms with E-state index in [0.717, 1.165) is 19.4 Å². The zero-order chi connectivity index (χ0) is 13.7. The van der Waals surface area contributed by atoms with Crippen LogP contribution in [0.2, 0.25) is 0 Å². The molecule has 2 bridgehead atoms. The fourth-order valence-electron chi connectivity index (χ4n) is 4.04. The Balaban J connectivity index is 1.65. The first-order valence-corrected chi connectivity index (χ1v) is 7.96. The van der Waals surface area contributed by atoms with Crippen molar-refractivity contribution in [3.63, 3.8) is 0 Å². The molecule has 106 valence electrons. The summed E-state index contributed by atoms with van der Waals surface area (Å²) in [6.45, 7) is 0.973. The second kappa shape index (κ2) is 4.74. The third-order valence-corrected chi connectivity index (χ3v) is 5.35. The summed E-state index contributed by atoms with van der Waals surface area (Å²) in [5.74, 6) is 0. The molecular formula is C16H20ClN3. The van der Waals surface area contributed by atoms with Crippen LogP contribution in [-0.2, 0) is 13.6 Å². The van der Waals surface area contributed by atoms with Gasteiger partial charge in [-0.2, -0.15) is 5.10 Å². The van der Waals surface area contributed by atoms with Gasteiger partial charge in [-0.3, -0.25) is 9.58 Å². The summed E-state index contributed by atoms with van der Waals surface area (Å²) in [4.78, 5) is 2.65. The lowest BCUT2D eigenvalue weighted by molar-refractivity contribution is 0.133. The molecule has 0 radical (unpaired) electrons. The van der Waals surface area contributed by atoms with E-state index in [-0.39, 0.29) is 0 Å². The van der Waals surface area contributed by atoms with Crippen molar-refractivity contribution >= 4 is 22.5 Å². The molecule has 2 fully saturated rings. The van der Waals surface area contributed by atoms with Crippen LogP contribution in [-0.4, -0.2) is 32.1 Å². The molecule has 0 aliphatic carbocycles. The van der Waals surface area contributed by atoms with E-state index in [0.29, 0.717) is 17.5 Å². The molecule has 1 aromatic carbocycles. The maximum Gasteiger partial charge on any atom is 0.0843 e. The Kier molecular flexibility index (Phi) is 3.00. The van der Waals surface area contributed by atoms with E-state index in [1.165, 1.54) is 29.4 Å². The van der Waals surface area contributed by atoms with Crippen LogP contribution in [0.1, 0.15) is 31.4 Å². The van der Waals surface area contributed by atoms with Gasteiger partial charge in [0.05, 0.1) is 11.2 Å². The highest BCUT2D eigenvalue weighted by atomic mass is 35.5. The van der Waals surface area contributed by atoms with Gasteiger partial charge in [-0.25, -0.2) is 0 Å². The fraction of sp³-hybridized carbons (Fsp3) is 0.562. The van der Waals surface area contributed by atoms with Crippen molar-refractivity contribution in [2.75, 3.05) is 0 Å². The van der Waals surface area contributed by atoms with Crippen molar-refractivity contribution in [1.29, 1.82) is 0 Å². The standard InChI is InChI=1S/C16H20ClN3/c1-19-16-5-3-2-4-14(16)15(18-19)10-20-12-6-7-13(20)9-11(17)8-12/h2-5,11-13H,6-10H2,1H3. The van der Waals surface area contributed by atoms with E-state index in [2.05, 4.69) is 29.2 Å². The van der Waals surface area contributed by atoms with Crippen LogP contribution in [0, 0.1) is 0 Å². The summed E-state index contributed by atoms with van der Waals surface area (Å²) in [6, 6.07) is 9.84. The normalized spacial score (nSPS) is 30.2. The topological polar surface area (TPSA) is 21.1 Å². The minimum Gasteiger partial charge on any atom is -0.291 e. The molecule has 1 aromatic heterocycles. The molecule has 0 spiro atoms. The van der Waals surface area contributed by atoms with Crippen molar-refractivity contribution in [1.82, 2.24) is 14.7 Å². The number of fused-ring (bicyclic) bond motifs is 3. The van der Waals surface area contributed by atoms with Crippen LogP contribution in [0.5, 0.6) is 0 Å². The molecule has 2 aliphatic heterocycles. The van der Waals surface area contributed by atoms with Gasteiger partial charge >= 0.3 is 0 Å². The average molecular weight is 290 g/mol. The number of halogens is 1. The predicted octanol–water partition coefficient (Wildman–Crippen LogP) is 3.31. The quantitative estimate of drug-likeness (QED) is 0.791. The lowest BCUT2D eigenvalue weighted by atomic mass is 10.0. The first kappa shape index (κ1) is 12.7. The first-order chi connectivity index (χ1) is 9.72. The molecule has 3 heterocycles. The van der Waals surface area contributed by atoms with E-state index < -0.39 is 0 Å². The first-order valence-electron chi connectivity index (χ1n) is 7.53. The Hall–Kier alpha value is -1.06. The largest absolute Gasteiger partial charge is 0.291 e. The van der Waals surface area contributed by atoms with E-state index in [4.69, 9.17) is 16.7 Å². The van der Waals surface area contributed by atoms with Gasteiger partial charge in [-0.1, -0.05) is 18.2 Å². The van der Waals surface area contributed by atoms with Gasteiger partial charge in [0.25, 0.3) is 0 Å². The molecule has 2 saturated heterocycles. The summed E-state index contributed by atoms with van der Waals surface area (Å²) in [6.07, 6.45) is 4.89. The molecule has 4 heteroatoms. The molecule has 20 heavy (non-hydrogen) atoms. The van der Waals surface area contributed by atoms with Crippen LogP contribution < -0.4 is 0 Å². The molecule has 2 aromatic rings. The molecule has 2 atom stereocenters. The minimum atomic E-state index is 0.379. The van der Waals surface area contributed by atoms with Crippen molar-refractivity contribution in [3.05, 3.63) is 30.0 Å². The van der Waals surface area contributed by atoms with E-state index in [1.807, 2.05) is 11.7 Å². The molecule has 2 unspecified atom stereocenters. The van der Waals surface area contributed by atoms with Gasteiger partial charge in [0, 0.05) is 36.4 Å². The van der Waals surface area contributed by atoms with Crippen LogP contribution in [0.3, 0.4) is 0 Å². The number of aryl methyl sites for hydroxylation is 1. The minimum absolute atomic E-state index is 0.379. The molecule has 0 N–H and O–H groups in total. The lowest BCUT2D eigenvalue weighted by Gasteiger charge is -2.36. The summed E-state index contributed by atoms with van der Waals surface area (Å²) >= 11 is 6.37. The van der Waals surface area contributed by atoms with Crippen LogP contribution >= 0.6 is 11.6 Å². The van der Waals surface area contributed by atoms with Crippen molar-refractivity contribution in [2.45, 2.75) is 49.7 Å². The summed E-state index contributed by atoms with van der Waals surface area (Å²) in [5, 5.41) is 6.41. The van der Waals surface area contributed by atoms with Gasteiger partial charge in [0.1, 0.15) is 0 Å². The van der Waals surface area contributed by atoms with Crippen molar-refractivity contribution in [3.8, 4) is 0 Å². The Morgan fingerprint density at radius 3 is 2.65 bits per heavy atom. The highest BCUT2D eigenvalue weighted by molar-refractivity contribution is 6.20. The Labute approximate surface area is 124 Å². The van der Waals surface area contributed by atoms with E-state index >= 15 is 0 Å². The maximum absolute atomic E-state index is 6.37. The number of hydrogen-bond acceptors (Lipinski definition) is 2. The van der Waals surface area contributed by atoms with Crippen LogP contribution in [0.15, 0.2) is 24.3 Å². The fourth-order valence-corrected chi connectivity index (χ4v) is 4.46. The summed E-state index contributed by atoms with van der Waals surface area (Å²) in [7, 11) is 2.03. The van der Waals surface area contributed by atoms with Gasteiger partial charge in [0.2, 0.25) is 0 Å². The zero-order valence-corrected chi connectivity index (χ0v) is 12.6. The third-order valence-electron chi connectivity index (χ3n) is 4.99. The Morgan fingerprint density at radius 1 is 1.20 bits per heavy atom. The van der Waals surface area contributed by atoms with Crippen LogP contribution in [0.25, 0.3) is 10.9 Å². The number of benzene rings is 1. The van der Waals surface area contributed by atoms with Gasteiger partial charge in [0.15, 0.2) is 0 Å². The van der Waals surface area contributed by atoms with Crippen molar-refractivity contribution in [2.24, 2.45) is 7.05 Å². The molecule has 0 amide bonds. The summed E-state index contributed by atoms with van der Waals surface area (Å²) in [5.41, 5.74) is 2.44. The molecule has 3 nitrogen and oxygen atoms in total. The SMILES string of the molecule is Cn1nc(CN2C3CCC2CC(Cl)C3)c2ccccc21. The predicted molar refractivity (Wildman–Crippen MR) is 81.9 cm³/mol. The van der Waals surface area contributed by atoms with Gasteiger partial charge < -0.3 is 0 Å². The zero-order valence-electron chi connectivity index (χ0n) is 11.8. The second-order valence-corrected chi connectivity index (χ2v) is 6.83. The number of nitrogens with zero attached hydrogens (tertiary/aromatic N) is 3. The molecule has 4 rings (SSSR count). The highest BCUT2D eigenvalue weighted by Gasteiger charge is 2.40. The molecular weight excluding hydrogens is 270 g/mol. The second-order valence-electron chi connectivity index (χ2n) is 6.21. The Morgan fingerprint density at radius 2 is 1.90 bits per heavy atom. The Bertz CT molecular complexity index is 622. The number of rotatable bonds is 2. The lowest BCUT2D eigenvalue weighted by Crippen LogP contribution is -2.42. The maximum atomic E-state index is 6.37. The van der Waals surface area contributed by atoms with Gasteiger partial charge in [-0.05, 0) is 31.7 Å². The average Bonchev–Trinajstić information content (AvgIpc) is 2.87. The number of aromatic nitrogens is 2. The highest BCUT2D eigenvalue weighted by Crippen LogP contribution is 2.39. The number of para-hydroxylation sites is 1. The smallest absolute Gasteiger partial charge is 0.0843 e. The van der Waals surface area contributed by atoms with Crippen molar-refractivity contribution < 1.29 is 0 Å². The van der Waals surface area contributed by atoms with Gasteiger partial charge in [-0.15, -0.1) is 11.6 Å². The molecule has 2 aliphatic rings. The van der Waals surface area contributed by atoms with E-state index in [1.54, 1.807) is 0 Å². The van der Waals surface area contributed by atoms with E-state index in [9.17, 15) is 0 Å². The summed E-state index contributed by atoms with van der Waals surface area (Å²) < 4.78 is 2.00. The van der Waals surface area contributed by atoms with Crippen LogP contribution in [0.4, 0.5) is 0 Å². The monoisotopic (exact) mass is 289 g/mol.